The van der Waals surface area contributed by atoms with E-state index in [2.05, 4.69) is 45.7 Å². The number of benzene rings is 3. The Kier molecular flexibility index (Phi) is 45.4. The Hall–Kier alpha value is -9.85. The van der Waals surface area contributed by atoms with Crippen LogP contribution in [0, 0.1) is 40.5 Å². The van der Waals surface area contributed by atoms with Crippen LogP contribution in [0.2, 0.25) is 0 Å². The predicted molar refractivity (Wildman–Crippen MR) is 532 cm³/mol. The van der Waals surface area contributed by atoms with E-state index < -0.39 is 173 Å². The van der Waals surface area contributed by atoms with Crippen LogP contribution in [0.5, 0.6) is 17.5 Å². The molecule has 0 radical (unpaired) electrons. The summed E-state index contributed by atoms with van der Waals surface area (Å²) in [6, 6.07) is 26.0. The number of aromatic nitrogens is 10. The number of nitrogens with one attached hydrogen (secondary N) is 4. The Morgan fingerprint density at radius 1 is 0.354 bits per heavy atom. The summed E-state index contributed by atoms with van der Waals surface area (Å²) in [7, 11) is 11.3. The SMILES string of the molecule is CC[C@H]1O[C@@H](n2cc(C)c(=O)[nH]c2=O)[C@@H](O[C@@H](C)[C@H](C)OC)C1O.CC[C@H]1O[C@@H](n2cc(C)c(=O)[nH]c2=O)[C@@H](O[C@H](C)[C@@H](C)OC)C1O.CC[C@H]1O[C@@H](n2cc(C)c(=O)[nH]c2=O)[C@@H](O[C@H](C)[C@@H](C)OC)C1O.CC[C@H]1O[C@@H]2[C@H](Oc3nc(=O)c(C)cn32)C1O.CO[C@H](C)C(C)C.CO[C@H](C)[C@@H](C)O[C@H]1C(O)[C@@H](CO)O[C@H]1n1cc(C)c(=O)[nH]c1=O.COc1ccc(C(Cl)(c2ccccc2)c2ccc(OC)cc2)cc1. The zero-order chi connectivity index (χ0) is 107. The number of hydrogen-bond acceptors (Lipinski definition) is 33. The van der Waals surface area contributed by atoms with Gasteiger partial charge in [-0.2, -0.15) is 4.98 Å². The Bertz CT molecular complexity index is 5400. The molecule has 42 nitrogen and oxygen atoms in total. The molecule has 3 aromatic carbocycles. The molecule has 14 rings (SSSR count). The van der Waals surface area contributed by atoms with E-state index in [-0.39, 0.29) is 66.6 Å². The van der Waals surface area contributed by atoms with Crippen LogP contribution < -0.4 is 64.8 Å². The van der Waals surface area contributed by atoms with E-state index >= 15 is 0 Å². The van der Waals surface area contributed by atoms with Gasteiger partial charge in [0.05, 0.1) is 100 Å². The predicted octanol–water partition coefficient (Wildman–Crippen LogP) is 6.76. The van der Waals surface area contributed by atoms with E-state index in [9.17, 15) is 73.8 Å². The third kappa shape index (κ3) is 29.0. The van der Waals surface area contributed by atoms with Gasteiger partial charge in [-0.3, -0.25) is 66.7 Å². The molecular weight excluding hydrogens is 1900 g/mol. The highest BCUT2D eigenvalue weighted by Crippen LogP contribution is 2.46. The van der Waals surface area contributed by atoms with Crippen LogP contribution in [0.15, 0.2) is 153 Å². The average Bonchev–Trinajstić information content (AvgIpc) is 1.61. The molecule has 5 unspecified atom stereocenters. The van der Waals surface area contributed by atoms with Gasteiger partial charge in [0.25, 0.3) is 27.8 Å². The fraction of sp³-hybridized carbons (Fsp3) is 0.624. The van der Waals surface area contributed by atoms with E-state index in [4.69, 9.17) is 92.1 Å². The van der Waals surface area contributed by atoms with Crippen LogP contribution in [-0.4, -0.2) is 281 Å². The van der Waals surface area contributed by atoms with Crippen molar-refractivity contribution in [2.24, 2.45) is 5.92 Å². The summed E-state index contributed by atoms with van der Waals surface area (Å²) in [5.41, 5.74) is 0.383. The summed E-state index contributed by atoms with van der Waals surface area (Å²) in [4.78, 5) is 118. The topological polar surface area (TPSA) is 533 Å². The van der Waals surface area contributed by atoms with Gasteiger partial charge in [0.1, 0.15) is 77.4 Å². The number of aliphatic hydroxyl groups is 6. The normalized spacial score (nSPS) is 26.4. The summed E-state index contributed by atoms with van der Waals surface area (Å²) >= 11 is 7.22. The van der Waals surface area contributed by atoms with Crippen molar-refractivity contribution in [2.75, 3.05) is 56.4 Å². The summed E-state index contributed by atoms with van der Waals surface area (Å²) in [6.07, 6.45) is -6.36. The first-order chi connectivity index (χ1) is 68.1. The van der Waals surface area contributed by atoms with Crippen LogP contribution in [-0.2, 0) is 71.2 Å². The fourth-order valence-electron chi connectivity index (χ4n) is 16.3. The standard InChI is InChI=1S/C21H19ClO2.3C16H26N2O6.C15H24N2O7.C11H14N2O4.C6H14O/c1-23-19-12-8-17(9-13-19)21(22,16-6-4-3-5-7-16)18-10-14-20(24-2)15-11-18;3*1-6-11-12(19)13(23-10(4)9(3)22-5)15(24-11)18-7-8(2)14(20)17-16(18)21;1-7-5-17(15(21)16-13(7)20)14-12(11(19)10(6-18)24-14)23-9(3)8(2)22-4;1-3-6-7(14)8-10(16-6)13-4-5(2)9(15)12-11(13)17-8;1-5(2)6(3)7-4/h3-15H,1-2H3;3*7,9-13,15,19H,6H2,1-5H3,(H,17,20,21);5,8-12,14,18-19H,6H2,1-4H3,(H,16,20,21);4,6-8,10,14H,3H2,1-2H3;5-6H,1-4H3/t;9-,10-,11+,12?,13-,15+;2*9-,10-,11-,12?,13+,15-;8-,9-,10-,11?,12+,14-;6-,7?,8-,10-;6-/m.011111/s1. The number of alkyl halides is 1. The Balaban J connectivity index is 0.000000209. The molecule has 802 valence electrons. The van der Waals surface area contributed by atoms with Crippen molar-refractivity contribution in [3.8, 4) is 17.5 Å². The van der Waals surface area contributed by atoms with Gasteiger partial charge in [-0.1, -0.05) is 96.1 Å². The average molecular weight is 2050 g/mol. The number of hydrogen-bond donors (Lipinski definition) is 10. The van der Waals surface area contributed by atoms with Crippen LogP contribution >= 0.6 is 11.6 Å². The van der Waals surface area contributed by atoms with Crippen LogP contribution in [0.4, 0.5) is 0 Å². The van der Waals surface area contributed by atoms with Crippen molar-refractivity contribution in [3.63, 3.8) is 0 Å². The number of fused-ring (bicyclic) bond motifs is 3. The number of aromatic amines is 4. The number of nitrogens with zero attached hydrogens (tertiary/aromatic N) is 6. The minimum atomic E-state index is -1.13. The molecule has 10 N–H and O–H groups in total. The first-order valence-electron chi connectivity index (χ1n) is 48.3. The lowest BCUT2D eigenvalue weighted by atomic mass is 9.84. The van der Waals surface area contributed by atoms with Crippen LogP contribution in [0.25, 0.3) is 0 Å². The molecule has 6 aliphatic rings. The van der Waals surface area contributed by atoms with Crippen molar-refractivity contribution in [1.82, 2.24) is 47.8 Å². The van der Waals surface area contributed by atoms with Gasteiger partial charge in [-0.25, -0.2) is 19.2 Å². The van der Waals surface area contributed by atoms with E-state index in [1.54, 1.807) is 95.0 Å². The Morgan fingerprint density at radius 2 is 0.618 bits per heavy atom. The molecule has 0 spiro atoms. The molecule has 6 aliphatic heterocycles. The number of halogens is 1. The Morgan fingerprint density at radius 3 is 0.882 bits per heavy atom. The lowest BCUT2D eigenvalue weighted by Gasteiger charge is -2.29. The minimum Gasteiger partial charge on any atom is -0.497 e. The molecular formula is C101H149ClN10O32. The minimum absolute atomic E-state index is 0.187. The quantitative estimate of drug-likeness (QED) is 0.0154. The zero-order valence-electron chi connectivity index (χ0n) is 87.1. The monoisotopic (exact) mass is 2050 g/mol. The number of ether oxygens (including phenoxy) is 17. The highest BCUT2D eigenvalue weighted by molar-refractivity contribution is 6.28. The smallest absolute Gasteiger partial charge is 0.330 e. The van der Waals surface area contributed by atoms with E-state index in [0.29, 0.717) is 59.1 Å². The van der Waals surface area contributed by atoms with E-state index in [1.807, 2.05) is 155 Å². The van der Waals surface area contributed by atoms with Gasteiger partial charge < -0.3 is 111 Å². The molecule has 29 atom stereocenters. The van der Waals surface area contributed by atoms with Crippen molar-refractivity contribution < 1.29 is 111 Å². The van der Waals surface area contributed by atoms with Crippen molar-refractivity contribution in [2.45, 2.75) is 347 Å². The van der Waals surface area contributed by atoms with Gasteiger partial charge in [0, 0.05) is 94.4 Å². The molecule has 11 heterocycles. The van der Waals surface area contributed by atoms with Crippen LogP contribution in [0.1, 0.15) is 205 Å². The first kappa shape index (κ1) is 119. The Labute approximate surface area is 841 Å². The highest BCUT2D eigenvalue weighted by atomic mass is 35.5. The van der Waals surface area contributed by atoms with Crippen molar-refractivity contribution in [3.05, 3.63) is 248 Å². The molecule has 0 amide bonds. The molecule has 8 aromatic rings. The maximum Gasteiger partial charge on any atom is 0.330 e. The first-order valence-corrected chi connectivity index (χ1v) is 48.7. The molecule has 0 bridgehead atoms. The molecule has 0 aliphatic carbocycles. The van der Waals surface area contributed by atoms with Crippen LogP contribution in [0.3, 0.4) is 0 Å². The second-order valence-corrected chi connectivity index (χ2v) is 37.2. The largest absolute Gasteiger partial charge is 0.497 e. The third-order valence-electron chi connectivity index (χ3n) is 26.7. The van der Waals surface area contributed by atoms with Gasteiger partial charge in [-0.15, -0.1) is 11.6 Å². The van der Waals surface area contributed by atoms with Gasteiger partial charge in [0.15, 0.2) is 37.2 Å². The lowest BCUT2D eigenvalue weighted by Crippen LogP contribution is -2.43. The van der Waals surface area contributed by atoms with E-state index in [0.717, 1.165) is 39.2 Å². The highest BCUT2D eigenvalue weighted by Gasteiger charge is 2.53. The molecule has 144 heavy (non-hydrogen) atoms. The second kappa shape index (κ2) is 54.7. The zero-order valence-corrected chi connectivity index (χ0v) is 87.9. The summed E-state index contributed by atoms with van der Waals surface area (Å²) in [5.74, 6) is 2.26. The fourth-order valence-corrected chi connectivity index (χ4v) is 16.6. The molecule has 0 saturated carbocycles. The number of aryl methyl sites for hydroxylation is 5. The second-order valence-electron chi connectivity index (χ2n) is 36.7. The summed E-state index contributed by atoms with van der Waals surface area (Å²) in [6.45, 7) is 36.2. The number of aliphatic hydroxyl groups excluding tert-OH is 6. The molecule has 5 fully saturated rings. The number of H-pyrrole nitrogens is 4. The maximum absolute atomic E-state index is 12.2. The van der Waals surface area contributed by atoms with Crippen molar-refractivity contribution >= 4 is 11.6 Å². The number of rotatable bonds is 32. The molecule has 5 aromatic heterocycles. The van der Waals surface area contributed by atoms with Crippen molar-refractivity contribution in [1.29, 1.82) is 0 Å². The van der Waals surface area contributed by atoms with E-state index in [1.165, 1.54) is 45.6 Å². The third-order valence-corrected chi connectivity index (χ3v) is 27.4. The van der Waals surface area contributed by atoms with Gasteiger partial charge in [0.2, 0.25) is 0 Å². The van der Waals surface area contributed by atoms with Gasteiger partial charge >= 0.3 is 28.8 Å². The lowest BCUT2D eigenvalue weighted by molar-refractivity contribution is -0.130. The number of methoxy groups -OCH3 is 7. The maximum atomic E-state index is 12.2. The molecule has 43 heteroatoms. The summed E-state index contributed by atoms with van der Waals surface area (Å²) in [5, 5.41) is 61.3. The van der Waals surface area contributed by atoms with Gasteiger partial charge in [-0.05, 0) is 169 Å². The molecule has 5 saturated heterocycles. The summed E-state index contributed by atoms with van der Waals surface area (Å²) < 4.78 is 101.